The quantitative estimate of drug-likeness (QED) is 0.641. The highest BCUT2D eigenvalue weighted by Crippen LogP contribution is 2.31. The van der Waals surface area contributed by atoms with Gasteiger partial charge in [0.1, 0.15) is 0 Å². The summed E-state index contributed by atoms with van der Waals surface area (Å²) >= 11 is 0. The van der Waals surface area contributed by atoms with Gasteiger partial charge in [-0.15, -0.1) is 0 Å². The molecular weight excluding hydrogens is 224 g/mol. The van der Waals surface area contributed by atoms with Gasteiger partial charge in [0.05, 0.1) is 5.69 Å². The zero-order valence-corrected chi connectivity index (χ0v) is 10.00. The van der Waals surface area contributed by atoms with Crippen LogP contribution < -0.4 is 0 Å². The Morgan fingerprint density at radius 3 is 2.72 bits per heavy atom. The van der Waals surface area contributed by atoms with E-state index in [4.69, 9.17) is 0 Å². The lowest BCUT2D eigenvalue weighted by atomic mass is 10.1. The Hall–Kier alpha value is -2.42. The first-order valence-electron chi connectivity index (χ1n) is 5.76. The largest absolute Gasteiger partial charge is 0.343 e. The number of aromatic nitrogens is 2. The Balaban J connectivity index is 2.42. The number of hydrogen-bond donors (Lipinski definition) is 0. The number of fused-ring (bicyclic) bond motifs is 1. The molecule has 0 aliphatic carbocycles. The Morgan fingerprint density at radius 2 is 2.00 bits per heavy atom. The third-order valence-electron chi connectivity index (χ3n) is 3.20. The monoisotopic (exact) mass is 236 g/mol. The molecule has 3 nitrogen and oxygen atoms in total. The molecular formula is C15H12N2O. The van der Waals surface area contributed by atoms with Gasteiger partial charge in [-0.25, -0.2) is 0 Å². The van der Waals surface area contributed by atoms with Crippen LogP contribution in [-0.2, 0) is 7.05 Å². The Labute approximate surface area is 105 Å². The van der Waals surface area contributed by atoms with E-state index < -0.39 is 0 Å². The third-order valence-corrected chi connectivity index (χ3v) is 3.20. The zero-order chi connectivity index (χ0) is 12.5. The summed E-state index contributed by atoms with van der Waals surface area (Å²) in [6, 6.07) is 11.8. The summed E-state index contributed by atoms with van der Waals surface area (Å²) in [6.07, 6.45) is 4.43. The molecule has 0 bridgehead atoms. The van der Waals surface area contributed by atoms with Crippen LogP contribution in [0.3, 0.4) is 0 Å². The van der Waals surface area contributed by atoms with Gasteiger partial charge in [0.2, 0.25) is 0 Å². The molecule has 0 amide bonds. The van der Waals surface area contributed by atoms with Gasteiger partial charge < -0.3 is 4.57 Å². The predicted octanol–water partition coefficient (Wildman–Crippen LogP) is 3.05. The maximum Gasteiger partial charge on any atom is 0.152 e. The van der Waals surface area contributed by atoms with E-state index in [2.05, 4.69) is 4.98 Å². The smallest absolute Gasteiger partial charge is 0.152 e. The maximum absolute atomic E-state index is 11.4. The first-order chi connectivity index (χ1) is 8.83. The van der Waals surface area contributed by atoms with Crippen LogP contribution in [0.15, 0.2) is 48.8 Å². The number of pyridine rings is 1. The van der Waals surface area contributed by atoms with Crippen molar-refractivity contribution in [3.05, 3.63) is 54.4 Å². The molecule has 2 heterocycles. The molecule has 0 spiro atoms. The van der Waals surface area contributed by atoms with Gasteiger partial charge >= 0.3 is 0 Å². The van der Waals surface area contributed by atoms with Gasteiger partial charge in [-0.05, 0) is 18.2 Å². The van der Waals surface area contributed by atoms with Crippen LogP contribution >= 0.6 is 0 Å². The molecule has 3 aromatic rings. The molecule has 0 radical (unpaired) electrons. The number of nitrogens with zero attached hydrogens (tertiary/aromatic N) is 2. The number of aryl methyl sites for hydroxylation is 1. The van der Waals surface area contributed by atoms with E-state index >= 15 is 0 Å². The van der Waals surface area contributed by atoms with E-state index in [0.29, 0.717) is 0 Å². The van der Waals surface area contributed by atoms with Crippen molar-refractivity contribution < 1.29 is 4.79 Å². The molecule has 0 aliphatic rings. The van der Waals surface area contributed by atoms with Crippen molar-refractivity contribution in [2.24, 2.45) is 7.05 Å². The molecule has 3 heteroatoms. The van der Waals surface area contributed by atoms with Gasteiger partial charge in [-0.3, -0.25) is 9.78 Å². The highest BCUT2D eigenvalue weighted by Gasteiger charge is 2.15. The average Bonchev–Trinajstić information content (AvgIpc) is 2.73. The molecule has 2 aromatic heterocycles. The number of hydrogen-bond acceptors (Lipinski definition) is 2. The topological polar surface area (TPSA) is 34.9 Å². The number of carbonyl (C=O) groups is 1. The average molecular weight is 236 g/mol. The Bertz CT molecular complexity index is 714. The Kier molecular flexibility index (Phi) is 2.45. The molecule has 1 aromatic carbocycles. The number of benzene rings is 1. The van der Waals surface area contributed by atoms with Crippen LogP contribution in [0.1, 0.15) is 10.4 Å². The van der Waals surface area contributed by atoms with Crippen molar-refractivity contribution >= 4 is 17.2 Å². The summed E-state index contributed by atoms with van der Waals surface area (Å²) in [5.41, 5.74) is 3.65. The second-order valence-corrected chi connectivity index (χ2v) is 4.20. The maximum atomic E-state index is 11.4. The summed E-state index contributed by atoms with van der Waals surface area (Å²) in [5, 5.41) is 0.980. The highest BCUT2D eigenvalue weighted by atomic mass is 16.1. The lowest BCUT2D eigenvalue weighted by Gasteiger charge is -2.04. The van der Waals surface area contributed by atoms with E-state index in [1.807, 2.05) is 48.0 Å². The van der Waals surface area contributed by atoms with Crippen molar-refractivity contribution in [3.63, 3.8) is 0 Å². The summed E-state index contributed by atoms with van der Waals surface area (Å²) in [7, 11) is 1.97. The lowest BCUT2D eigenvalue weighted by Crippen LogP contribution is -1.93. The SMILES string of the molecule is Cn1c(-c2cccnc2)c(C=O)c2ccccc21. The summed E-state index contributed by atoms with van der Waals surface area (Å²) in [5.74, 6) is 0. The second-order valence-electron chi connectivity index (χ2n) is 4.20. The number of rotatable bonds is 2. The number of carbonyl (C=O) groups excluding carboxylic acids is 1. The predicted molar refractivity (Wildman–Crippen MR) is 71.5 cm³/mol. The fourth-order valence-corrected chi connectivity index (χ4v) is 2.39. The normalized spacial score (nSPS) is 10.7. The minimum atomic E-state index is 0.723. The van der Waals surface area contributed by atoms with E-state index in [-0.39, 0.29) is 0 Å². The second kappa shape index (κ2) is 4.11. The van der Waals surface area contributed by atoms with Gasteiger partial charge in [0.25, 0.3) is 0 Å². The third kappa shape index (κ3) is 1.44. The molecule has 0 saturated carbocycles. The molecule has 0 unspecified atom stereocenters. The highest BCUT2D eigenvalue weighted by molar-refractivity contribution is 6.04. The zero-order valence-electron chi connectivity index (χ0n) is 10.00. The summed E-state index contributed by atoms with van der Waals surface area (Å²) < 4.78 is 2.04. The fraction of sp³-hybridized carbons (Fsp3) is 0.0667. The minimum absolute atomic E-state index is 0.723. The fourth-order valence-electron chi connectivity index (χ4n) is 2.39. The molecule has 88 valence electrons. The molecule has 3 rings (SSSR count). The minimum Gasteiger partial charge on any atom is -0.343 e. The standard InChI is InChI=1S/C15H12N2O/c1-17-14-7-3-2-6-12(14)13(10-18)15(17)11-5-4-8-16-9-11/h2-10H,1H3. The van der Waals surface area contributed by atoms with Crippen LogP contribution in [0.4, 0.5) is 0 Å². The van der Waals surface area contributed by atoms with Crippen molar-refractivity contribution in [3.8, 4) is 11.3 Å². The summed E-state index contributed by atoms with van der Waals surface area (Å²) in [6.45, 7) is 0. The van der Waals surface area contributed by atoms with E-state index in [1.54, 1.807) is 12.4 Å². The Morgan fingerprint density at radius 1 is 1.17 bits per heavy atom. The van der Waals surface area contributed by atoms with Crippen LogP contribution in [-0.4, -0.2) is 15.8 Å². The van der Waals surface area contributed by atoms with Gasteiger partial charge in [0.15, 0.2) is 6.29 Å². The van der Waals surface area contributed by atoms with Crippen molar-refractivity contribution in [1.29, 1.82) is 0 Å². The van der Waals surface area contributed by atoms with E-state index in [1.165, 1.54) is 0 Å². The number of para-hydroxylation sites is 1. The first-order valence-corrected chi connectivity index (χ1v) is 5.76. The molecule has 18 heavy (non-hydrogen) atoms. The molecule has 0 aliphatic heterocycles. The van der Waals surface area contributed by atoms with Crippen molar-refractivity contribution in [2.45, 2.75) is 0 Å². The number of aldehydes is 1. The first kappa shape index (κ1) is 10.7. The van der Waals surface area contributed by atoms with Crippen LogP contribution in [0.25, 0.3) is 22.2 Å². The van der Waals surface area contributed by atoms with Crippen LogP contribution in [0.2, 0.25) is 0 Å². The van der Waals surface area contributed by atoms with Crippen molar-refractivity contribution in [1.82, 2.24) is 9.55 Å². The van der Waals surface area contributed by atoms with Crippen LogP contribution in [0, 0.1) is 0 Å². The van der Waals surface area contributed by atoms with E-state index in [0.717, 1.165) is 34.0 Å². The van der Waals surface area contributed by atoms with Crippen molar-refractivity contribution in [2.75, 3.05) is 0 Å². The van der Waals surface area contributed by atoms with Gasteiger partial charge in [0, 0.05) is 41.5 Å². The lowest BCUT2D eigenvalue weighted by molar-refractivity contribution is 0.112. The van der Waals surface area contributed by atoms with Gasteiger partial charge in [-0.2, -0.15) is 0 Å². The van der Waals surface area contributed by atoms with E-state index in [9.17, 15) is 4.79 Å². The molecule has 0 atom stereocenters. The molecule has 0 fully saturated rings. The van der Waals surface area contributed by atoms with Gasteiger partial charge in [-0.1, -0.05) is 18.2 Å². The summed E-state index contributed by atoms with van der Waals surface area (Å²) in [4.78, 5) is 15.5. The van der Waals surface area contributed by atoms with Crippen LogP contribution in [0.5, 0.6) is 0 Å². The molecule has 0 saturated heterocycles. The molecule has 0 N–H and O–H groups in total.